The Morgan fingerprint density at radius 2 is 1.36 bits per heavy atom. The van der Waals surface area contributed by atoms with E-state index in [1.54, 1.807) is 6.07 Å². The smallest absolute Gasteiger partial charge is 0.359 e. The van der Waals surface area contributed by atoms with E-state index in [1.807, 2.05) is 102 Å². The number of halogens is 3. The minimum Gasteiger partial charge on any atom is -0.359 e. The van der Waals surface area contributed by atoms with E-state index in [2.05, 4.69) is 34.7 Å². The molecule has 0 radical (unpaired) electrons. The second kappa shape index (κ2) is 22.3. The fourth-order valence-electron chi connectivity index (χ4n) is 2.81. The van der Waals surface area contributed by atoms with Crippen LogP contribution < -0.4 is 15.4 Å². The summed E-state index contributed by atoms with van der Waals surface area (Å²) in [6, 6.07) is 25.6. The van der Waals surface area contributed by atoms with Gasteiger partial charge < -0.3 is 10.6 Å². The zero-order valence-corrected chi connectivity index (χ0v) is 26.9. The van der Waals surface area contributed by atoms with Crippen LogP contribution in [-0.2, 0) is 25.2 Å². The van der Waals surface area contributed by atoms with E-state index in [-0.39, 0.29) is 5.91 Å². The van der Waals surface area contributed by atoms with Crippen molar-refractivity contribution in [2.45, 2.75) is 65.9 Å². The van der Waals surface area contributed by atoms with Gasteiger partial charge in [-0.25, -0.2) is 9.71 Å². The van der Waals surface area contributed by atoms with E-state index in [9.17, 15) is 36.0 Å². The van der Waals surface area contributed by atoms with Crippen LogP contribution in [0.1, 0.15) is 68.3 Å². The van der Waals surface area contributed by atoms with Gasteiger partial charge in [0.05, 0.1) is 5.54 Å². The van der Waals surface area contributed by atoms with Crippen molar-refractivity contribution in [2.24, 2.45) is 0 Å². The maximum absolute atomic E-state index is 12.2. The summed E-state index contributed by atoms with van der Waals surface area (Å²) in [7, 11) is -5.47. The molecule has 244 valence electrons. The van der Waals surface area contributed by atoms with Crippen molar-refractivity contribution in [3.63, 3.8) is 0 Å². The average Bonchev–Trinajstić information content (AvgIpc) is 2.98. The maximum atomic E-state index is 12.2. The number of amides is 3. The molecule has 9 nitrogen and oxygen atoms in total. The molecule has 0 fully saturated rings. The van der Waals surface area contributed by atoms with Gasteiger partial charge in [0.1, 0.15) is 5.69 Å². The lowest BCUT2D eigenvalue weighted by Gasteiger charge is -2.26. The zero-order chi connectivity index (χ0) is 34.2. The zero-order valence-electron chi connectivity index (χ0n) is 26.1. The van der Waals surface area contributed by atoms with Crippen molar-refractivity contribution in [3.8, 4) is 0 Å². The third kappa shape index (κ3) is 18.3. The number of aryl methyl sites for hydroxylation is 2. The molecule has 0 saturated heterocycles. The Labute approximate surface area is 258 Å². The Morgan fingerprint density at radius 3 is 1.70 bits per heavy atom. The maximum Gasteiger partial charge on any atom is 0.516 e. The minimum absolute atomic E-state index is 0.155. The Hall–Kier alpha value is -4.26. The minimum atomic E-state index is -5.47. The number of aromatic nitrogens is 1. The lowest BCUT2D eigenvalue weighted by atomic mass is 9.94. The summed E-state index contributed by atoms with van der Waals surface area (Å²) in [6.45, 7) is 14.7. The summed E-state index contributed by atoms with van der Waals surface area (Å²) in [4.78, 5) is 35.2. The number of nitrogens with zero attached hydrogens (tertiary/aromatic N) is 1. The fourth-order valence-corrected chi connectivity index (χ4v) is 3.07. The molecule has 0 atom stereocenters. The standard InChI is InChI=1S/C16H18N2O.C7H8.C4H9NO.C2H2F3NO3S.C2H6/c1-12-8-7-11-14(17-12)15(19)18-16(2,3)13-9-5-4-6-10-13;1-7-5-3-2-4-6-7;1-2-3-5-4-6;3-2(4,5)10(8,9)6-1-7;1-2/h4-11H,1-3H3,(H,18,19);2-6H,1H3;4H,2-3H2,1H3,(H,5,6);1H,(H,6,7);1-2H3. The highest BCUT2D eigenvalue weighted by Crippen LogP contribution is 2.21. The van der Waals surface area contributed by atoms with E-state index in [0.717, 1.165) is 24.2 Å². The highest BCUT2D eigenvalue weighted by molar-refractivity contribution is 7.90. The van der Waals surface area contributed by atoms with Crippen LogP contribution >= 0.6 is 0 Å². The molecular formula is C31H43F3N4O5S. The van der Waals surface area contributed by atoms with Crippen molar-refractivity contribution in [1.29, 1.82) is 0 Å². The van der Waals surface area contributed by atoms with Gasteiger partial charge in [-0.2, -0.15) is 21.6 Å². The van der Waals surface area contributed by atoms with E-state index < -0.39 is 27.5 Å². The SMILES string of the molecule is CC.CCCNC=O.Cc1cccc(C(=O)NC(C)(C)c2ccccc2)n1.Cc1ccccc1.O=CNS(=O)(=O)C(F)(F)F. The van der Waals surface area contributed by atoms with Gasteiger partial charge in [-0.05, 0) is 51.8 Å². The van der Waals surface area contributed by atoms with Crippen LogP contribution in [0.5, 0.6) is 0 Å². The van der Waals surface area contributed by atoms with Gasteiger partial charge in [0, 0.05) is 12.2 Å². The molecular weight excluding hydrogens is 597 g/mol. The van der Waals surface area contributed by atoms with Gasteiger partial charge in [-0.15, -0.1) is 0 Å². The first kappa shape index (κ1) is 41.9. The Morgan fingerprint density at radius 1 is 0.841 bits per heavy atom. The number of alkyl halides is 3. The average molecular weight is 641 g/mol. The van der Waals surface area contributed by atoms with E-state index in [4.69, 9.17) is 0 Å². The van der Waals surface area contributed by atoms with Crippen molar-refractivity contribution in [3.05, 3.63) is 101 Å². The molecule has 3 rings (SSSR count). The predicted octanol–water partition coefficient (Wildman–Crippen LogP) is 5.80. The first-order valence-electron chi connectivity index (χ1n) is 13.6. The number of rotatable bonds is 8. The molecule has 3 N–H and O–H groups in total. The molecule has 3 amide bonds. The third-order valence-corrected chi connectivity index (χ3v) is 5.98. The number of carbonyl (C=O) groups excluding carboxylic acids is 3. The van der Waals surface area contributed by atoms with Crippen LogP contribution in [0.25, 0.3) is 0 Å². The molecule has 0 bridgehead atoms. The molecule has 2 aromatic carbocycles. The summed E-state index contributed by atoms with van der Waals surface area (Å²) < 4.78 is 53.8. The quantitative estimate of drug-likeness (QED) is 0.211. The lowest BCUT2D eigenvalue weighted by Crippen LogP contribution is -2.41. The second-order valence-electron chi connectivity index (χ2n) is 9.02. The van der Waals surface area contributed by atoms with Gasteiger partial charge in [-0.3, -0.25) is 14.4 Å². The van der Waals surface area contributed by atoms with Crippen LogP contribution in [0.15, 0.2) is 78.9 Å². The van der Waals surface area contributed by atoms with Crippen molar-refractivity contribution in [2.75, 3.05) is 6.54 Å². The van der Waals surface area contributed by atoms with Crippen LogP contribution in [0, 0.1) is 13.8 Å². The molecule has 0 aliphatic carbocycles. The van der Waals surface area contributed by atoms with Gasteiger partial charge in [-0.1, -0.05) is 93.1 Å². The van der Waals surface area contributed by atoms with E-state index in [0.29, 0.717) is 16.8 Å². The Balaban J connectivity index is 0. The van der Waals surface area contributed by atoms with E-state index in [1.165, 1.54) is 5.56 Å². The molecule has 0 saturated carbocycles. The number of benzene rings is 2. The lowest BCUT2D eigenvalue weighted by molar-refractivity contribution is -0.109. The Kier molecular flexibility index (Phi) is 21.2. The molecule has 3 aromatic rings. The number of pyridine rings is 1. The topological polar surface area (TPSA) is 134 Å². The van der Waals surface area contributed by atoms with E-state index >= 15 is 0 Å². The summed E-state index contributed by atoms with van der Waals surface area (Å²) >= 11 is 0. The Bertz CT molecular complexity index is 1320. The highest BCUT2D eigenvalue weighted by atomic mass is 32.2. The van der Waals surface area contributed by atoms with Crippen LogP contribution in [-0.4, -0.2) is 44.2 Å². The summed E-state index contributed by atoms with van der Waals surface area (Å²) in [5.41, 5.74) is -2.18. The fraction of sp³-hybridized carbons (Fsp3) is 0.355. The molecule has 0 spiro atoms. The number of sulfonamides is 1. The first-order valence-corrected chi connectivity index (χ1v) is 15.1. The van der Waals surface area contributed by atoms with Crippen molar-refractivity contribution < 1.29 is 36.0 Å². The van der Waals surface area contributed by atoms with Gasteiger partial charge >= 0.3 is 15.5 Å². The predicted molar refractivity (Wildman–Crippen MR) is 167 cm³/mol. The molecule has 1 heterocycles. The van der Waals surface area contributed by atoms with Crippen LogP contribution in [0.2, 0.25) is 0 Å². The second-order valence-corrected chi connectivity index (χ2v) is 10.7. The van der Waals surface area contributed by atoms with Gasteiger partial charge in [0.2, 0.25) is 12.8 Å². The van der Waals surface area contributed by atoms with Gasteiger partial charge in [0.25, 0.3) is 5.91 Å². The number of nitrogens with one attached hydrogen (secondary N) is 3. The van der Waals surface area contributed by atoms with Crippen LogP contribution in [0.3, 0.4) is 0 Å². The third-order valence-electron chi connectivity index (χ3n) is 4.97. The first-order chi connectivity index (χ1) is 20.6. The molecule has 13 heteroatoms. The number of carbonyl (C=O) groups is 3. The summed E-state index contributed by atoms with van der Waals surface area (Å²) in [5, 5.41) is 5.53. The molecule has 0 unspecified atom stereocenters. The van der Waals surface area contributed by atoms with Crippen molar-refractivity contribution in [1.82, 2.24) is 20.3 Å². The van der Waals surface area contributed by atoms with Gasteiger partial charge in [0.15, 0.2) is 0 Å². The highest BCUT2D eigenvalue weighted by Gasteiger charge is 2.45. The summed E-state index contributed by atoms with van der Waals surface area (Å²) in [5.74, 6) is -0.155. The molecule has 0 aliphatic heterocycles. The number of hydrogen-bond donors (Lipinski definition) is 3. The molecule has 1 aromatic heterocycles. The van der Waals surface area contributed by atoms with Crippen molar-refractivity contribution >= 4 is 28.8 Å². The van der Waals surface area contributed by atoms with Crippen LogP contribution in [0.4, 0.5) is 13.2 Å². The molecule has 44 heavy (non-hydrogen) atoms. The normalized spacial score (nSPS) is 10.2. The summed E-state index contributed by atoms with van der Waals surface area (Å²) in [6.07, 6.45) is 1.17. The monoisotopic (exact) mass is 640 g/mol. The largest absolute Gasteiger partial charge is 0.516 e. The molecule has 0 aliphatic rings. The number of hydrogen-bond acceptors (Lipinski definition) is 6.